The number of aryl methyl sites for hydroxylation is 2. The van der Waals surface area contributed by atoms with Gasteiger partial charge in [0.05, 0.1) is 16.4 Å². The molecule has 0 spiro atoms. The Morgan fingerprint density at radius 2 is 1.95 bits per heavy atom. The van der Waals surface area contributed by atoms with Crippen LogP contribution in [0.2, 0.25) is 5.02 Å². The zero-order valence-corrected chi connectivity index (χ0v) is 12.7. The Morgan fingerprint density at radius 1 is 1.19 bits per heavy atom. The molecule has 0 aliphatic heterocycles. The van der Waals surface area contributed by atoms with Gasteiger partial charge in [0.25, 0.3) is 5.91 Å². The van der Waals surface area contributed by atoms with Crippen LogP contribution in [0.5, 0.6) is 0 Å². The van der Waals surface area contributed by atoms with Gasteiger partial charge in [0, 0.05) is 6.54 Å². The lowest BCUT2D eigenvalue weighted by atomic mass is 10.3. The average molecular weight is 307 g/mol. The van der Waals surface area contributed by atoms with Crippen LogP contribution in [0.3, 0.4) is 0 Å². The van der Waals surface area contributed by atoms with Gasteiger partial charge in [-0.15, -0.1) is 5.10 Å². The summed E-state index contributed by atoms with van der Waals surface area (Å²) in [4.78, 5) is 20.5. The summed E-state index contributed by atoms with van der Waals surface area (Å²) in [5.74, 6) is 0.214. The van der Waals surface area contributed by atoms with Gasteiger partial charge in [0.1, 0.15) is 11.5 Å². The molecule has 0 aliphatic rings. The Balaban J connectivity index is 2.23. The third-order valence-electron chi connectivity index (χ3n) is 2.74. The first-order chi connectivity index (χ1) is 10.0. The fourth-order valence-corrected chi connectivity index (χ4v) is 1.74. The lowest BCUT2D eigenvalue weighted by Gasteiger charge is -2.08. The molecular weight excluding hydrogens is 292 g/mol. The second kappa shape index (κ2) is 6.45. The highest BCUT2D eigenvalue weighted by atomic mass is 35.5. The second-order valence-corrected chi connectivity index (χ2v) is 4.72. The van der Waals surface area contributed by atoms with E-state index in [9.17, 15) is 4.79 Å². The highest BCUT2D eigenvalue weighted by molar-refractivity contribution is 6.34. The molecule has 0 fully saturated rings. The zero-order chi connectivity index (χ0) is 15.4. The number of carbonyl (C=O) groups excluding carboxylic acids is 1. The molecule has 2 aromatic heterocycles. The number of rotatable bonds is 4. The minimum Gasteiger partial charge on any atom is -0.370 e. The fraction of sp³-hybridized carbons (Fsp3) is 0.308. The van der Waals surface area contributed by atoms with Gasteiger partial charge in [-0.3, -0.25) is 10.1 Å². The number of halogens is 1. The molecule has 0 radical (unpaired) electrons. The van der Waals surface area contributed by atoms with Crippen LogP contribution in [0.4, 0.5) is 11.8 Å². The number of anilines is 2. The normalized spacial score (nSPS) is 10.3. The van der Waals surface area contributed by atoms with E-state index in [1.54, 1.807) is 26.0 Å². The molecule has 21 heavy (non-hydrogen) atoms. The van der Waals surface area contributed by atoms with Crippen molar-refractivity contribution in [2.45, 2.75) is 20.8 Å². The van der Waals surface area contributed by atoms with E-state index in [1.807, 2.05) is 6.92 Å². The van der Waals surface area contributed by atoms with E-state index in [0.717, 1.165) is 0 Å². The molecule has 0 atom stereocenters. The van der Waals surface area contributed by atoms with Crippen LogP contribution < -0.4 is 10.6 Å². The zero-order valence-electron chi connectivity index (χ0n) is 11.9. The van der Waals surface area contributed by atoms with Crippen LogP contribution >= 0.6 is 11.6 Å². The van der Waals surface area contributed by atoms with E-state index >= 15 is 0 Å². The number of hydrogen-bond donors (Lipinski definition) is 2. The third kappa shape index (κ3) is 3.63. The Hall–Kier alpha value is -2.28. The van der Waals surface area contributed by atoms with Crippen molar-refractivity contribution in [1.29, 1.82) is 0 Å². The number of carbonyl (C=O) groups is 1. The summed E-state index contributed by atoms with van der Waals surface area (Å²) in [5, 5.41) is 13.5. The summed E-state index contributed by atoms with van der Waals surface area (Å²) >= 11 is 6.01. The van der Waals surface area contributed by atoms with Crippen LogP contribution in [0.1, 0.15) is 28.8 Å². The maximum Gasteiger partial charge on any atom is 0.278 e. The van der Waals surface area contributed by atoms with E-state index in [4.69, 9.17) is 11.6 Å². The van der Waals surface area contributed by atoms with Gasteiger partial charge in [-0.05, 0) is 32.9 Å². The van der Waals surface area contributed by atoms with Gasteiger partial charge < -0.3 is 5.32 Å². The van der Waals surface area contributed by atoms with E-state index in [2.05, 4.69) is 30.8 Å². The Labute approximate surface area is 127 Å². The first-order valence-electron chi connectivity index (χ1n) is 6.41. The first kappa shape index (κ1) is 15.1. The maximum absolute atomic E-state index is 12.2. The standard InChI is InChI=1S/C13H15ClN6O/c1-4-15-10-6-5-9(14)11(17-10)12(21)18-13-16-7(2)8(3)19-20-13/h5-6H,4H2,1-3H3,(H,15,17)(H,16,18,20,21). The molecule has 7 nitrogen and oxygen atoms in total. The van der Waals surface area contributed by atoms with Gasteiger partial charge in [0.15, 0.2) is 0 Å². The van der Waals surface area contributed by atoms with Gasteiger partial charge >= 0.3 is 0 Å². The van der Waals surface area contributed by atoms with Gasteiger partial charge in [-0.25, -0.2) is 9.97 Å². The smallest absolute Gasteiger partial charge is 0.278 e. The molecule has 2 rings (SSSR count). The Bertz CT molecular complexity index is 676. The lowest BCUT2D eigenvalue weighted by molar-refractivity contribution is 0.102. The highest BCUT2D eigenvalue weighted by Gasteiger charge is 2.15. The van der Waals surface area contributed by atoms with Crippen molar-refractivity contribution in [2.75, 3.05) is 17.2 Å². The average Bonchev–Trinajstić information content (AvgIpc) is 2.45. The molecule has 2 heterocycles. The molecule has 0 bridgehead atoms. The predicted molar refractivity (Wildman–Crippen MR) is 80.7 cm³/mol. The molecule has 0 saturated carbocycles. The lowest BCUT2D eigenvalue weighted by Crippen LogP contribution is -2.18. The summed E-state index contributed by atoms with van der Waals surface area (Å²) in [6, 6.07) is 3.32. The number of pyridine rings is 1. The fourth-order valence-electron chi connectivity index (χ4n) is 1.55. The van der Waals surface area contributed by atoms with Crippen molar-refractivity contribution in [3.05, 3.63) is 34.2 Å². The second-order valence-electron chi connectivity index (χ2n) is 4.32. The van der Waals surface area contributed by atoms with Crippen LogP contribution in [0.15, 0.2) is 12.1 Å². The maximum atomic E-state index is 12.2. The number of aromatic nitrogens is 4. The molecule has 0 unspecified atom stereocenters. The summed E-state index contributed by atoms with van der Waals surface area (Å²) in [6.45, 7) is 6.21. The molecule has 2 aromatic rings. The van der Waals surface area contributed by atoms with Crippen molar-refractivity contribution in [1.82, 2.24) is 20.2 Å². The monoisotopic (exact) mass is 306 g/mol. The predicted octanol–water partition coefficient (Wildman–Crippen LogP) is 2.22. The summed E-state index contributed by atoms with van der Waals surface area (Å²) in [7, 11) is 0. The molecule has 1 amide bonds. The SMILES string of the molecule is CCNc1ccc(Cl)c(C(=O)Nc2nnc(C)c(C)n2)n1. The minimum absolute atomic E-state index is 0.108. The quantitative estimate of drug-likeness (QED) is 0.899. The van der Waals surface area contributed by atoms with Gasteiger partial charge in [-0.2, -0.15) is 5.10 Å². The summed E-state index contributed by atoms with van der Waals surface area (Å²) < 4.78 is 0. The van der Waals surface area contributed by atoms with Crippen molar-refractivity contribution in [2.24, 2.45) is 0 Å². The minimum atomic E-state index is -0.482. The van der Waals surface area contributed by atoms with Crippen LogP contribution in [0, 0.1) is 13.8 Å². The van der Waals surface area contributed by atoms with Crippen LogP contribution in [-0.2, 0) is 0 Å². The molecule has 8 heteroatoms. The van der Waals surface area contributed by atoms with E-state index in [1.165, 1.54) is 0 Å². The van der Waals surface area contributed by atoms with E-state index in [0.29, 0.717) is 23.8 Å². The van der Waals surface area contributed by atoms with Crippen molar-refractivity contribution < 1.29 is 4.79 Å². The van der Waals surface area contributed by atoms with Crippen molar-refractivity contribution in [3.8, 4) is 0 Å². The first-order valence-corrected chi connectivity index (χ1v) is 6.78. The van der Waals surface area contributed by atoms with Crippen LogP contribution in [-0.4, -0.2) is 32.6 Å². The summed E-state index contributed by atoms with van der Waals surface area (Å²) in [6.07, 6.45) is 0. The number of nitrogens with one attached hydrogen (secondary N) is 2. The van der Waals surface area contributed by atoms with Crippen LogP contribution in [0.25, 0.3) is 0 Å². The van der Waals surface area contributed by atoms with Crippen molar-refractivity contribution in [3.63, 3.8) is 0 Å². The van der Waals surface area contributed by atoms with E-state index in [-0.39, 0.29) is 16.7 Å². The van der Waals surface area contributed by atoms with E-state index < -0.39 is 5.91 Å². The number of nitrogens with zero attached hydrogens (tertiary/aromatic N) is 4. The van der Waals surface area contributed by atoms with Gasteiger partial charge in [0.2, 0.25) is 5.95 Å². The highest BCUT2D eigenvalue weighted by Crippen LogP contribution is 2.17. The number of hydrogen-bond acceptors (Lipinski definition) is 6. The molecule has 0 saturated heterocycles. The van der Waals surface area contributed by atoms with Gasteiger partial charge in [-0.1, -0.05) is 11.6 Å². The molecule has 2 N–H and O–H groups in total. The topological polar surface area (TPSA) is 92.7 Å². The third-order valence-corrected chi connectivity index (χ3v) is 3.04. The Kier molecular flexibility index (Phi) is 4.64. The molecular formula is C13H15ClN6O. The molecule has 110 valence electrons. The molecule has 0 aliphatic carbocycles. The Morgan fingerprint density at radius 3 is 2.62 bits per heavy atom. The summed E-state index contributed by atoms with van der Waals surface area (Å²) in [5.41, 5.74) is 1.51. The van der Waals surface area contributed by atoms with Crippen molar-refractivity contribution >= 4 is 29.3 Å². The largest absolute Gasteiger partial charge is 0.370 e. The number of amides is 1. The molecule has 0 aromatic carbocycles.